The Morgan fingerprint density at radius 1 is 0.842 bits per heavy atom. The average Bonchev–Trinajstić information content (AvgIpc) is 2.91. The molecule has 4 unspecified atom stereocenters. The van der Waals surface area contributed by atoms with E-state index in [-0.39, 0.29) is 6.23 Å². The summed E-state index contributed by atoms with van der Waals surface area (Å²) in [5, 5.41) is 0. The van der Waals surface area contributed by atoms with Crippen molar-refractivity contribution in [2.75, 3.05) is 0 Å². The van der Waals surface area contributed by atoms with Crippen molar-refractivity contribution in [3.05, 3.63) is 0 Å². The molecule has 0 bridgehead atoms. The molecular formula is C17H31NO. The highest BCUT2D eigenvalue weighted by Gasteiger charge is 2.33. The third-order valence-electron chi connectivity index (χ3n) is 5.90. The Bertz CT molecular complexity index is 274. The summed E-state index contributed by atoms with van der Waals surface area (Å²) in [5.41, 5.74) is 6.23. The predicted molar refractivity (Wildman–Crippen MR) is 78.7 cm³/mol. The quantitative estimate of drug-likeness (QED) is 0.772. The molecule has 2 heteroatoms. The van der Waals surface area contributed by atoms with Gasteiger partial charge in [-0.25, -0.2) is 0 Å². The monoisotopic (exact) mass is 265 g/mol. The van der Waals surface area contributed by atoms with E-state index in [1.807, 2.05) is 0 Å². The van der Waals surface area contributed by atoms with Gasteiger partial charge in [-0.05, 0) is 43.4 Å². The minimum atomic E-state index is 0.00763. The van der Waals surface area contributed by atoms with Gasteiger partial charge in [0.25, 0.3) is 0 Å². The van der Waals surface area contributed by atoms with Crippen LogP contribution < -0.4 is 5.73 Å². The van der Waals surface area contributed by atoms with Crippen molar-refractivity contribution in [3.63, 3.8) is 0 Å². The molecule has 3 aliphatic rings. The van der Waals surface area contributed by atoms with Crippen LogP contribution in [0, 0.1) is 17.8 Å². The minimum absolute atomic E-state index is 0.00763. The Kier molecular flexibility index (Phi) is 4.81. The summed E-state index contributed by atoms with van der Waals surface area (Å²) < 4.78 is 6.18. The number of ether oxygens (including phenoxy) is 1. The standard InChI is InChI=1S/C17H31NO/c18-17(11-13-5-1-2-6-13)19-16-10-9-14-7-3-4-8-15(14)12-16/h13-17H,1-12,18H2. The third kappa shape index (κ3) is 3.72. The van der Waals surface area contributed by atoms with Gasteiger partial charge in [0.2, 0.25) is 0 Å². The fraction of sp³-hybridized carbons (Fsp3) is 1.00. The van der Waals surface area contributed by atoms with Gasteiger partial charge in [-0.1, -0.05) is 51.4 Å². The second-order valence-corrected chi connectivity index (χ2v) is 7.30. The van der Waals surface area contributed by atoms with E-state index in [2.05, 4.69) is 0 Å². The molecule has 2 nitrogen and oxygen atoms in total. The smallest absolute Gasteiger partial charge is 0.106 e. The molecule has 2 N–H and O–H groups in total. The molecule has 0 aromatic rings. The molecule has 3 rings (SSSR count). The maximum Gasteiger partial charge on any atom is 0.106 e. The number of hydrogen-bond donors (Lipinski definition) is 1. The Hall–Kier alpha value is -0.0800. The van der Waals surface area contributed by atoms with Crippen LogP contribution in [0.5, 0.6) is 0 Å². The van der Waals surface area contributed by atoms with Gasteiger partial charge in [0, 0.05) is 0 Å². The zero-order chi connectivity index (χ0) is 13.1. The molecule has 110 valence electrons. The molecule has 0 radical (unpaired) electrons. The zero-order valence-corrected chi connectivity index (χ0v) is 12.4. The first kappa shape index (κ1) is 13.9. The SMILES string of the molecule is NC(CC1CCCC1)OC1CCC2CCCCC2C1. The lowest BCUT2D eigenvalue weighted by Crippen LogP contribution is -2.37. The Morgan fingerprint density at radius 3 is 2.32 bits per heavy atom. The van der Waals surface area contributed by atoms with Crippen LogP contribution in [0.3, 0.4) is 0 Å². The van der Waals surface area contributed by atoms with E-state index < -0.39 is 0 Å². The summed E-state index contributed by atoms with van der Waals surface area (Å²) in [7, 11) is 0. The van der Waals surface area contributed by atoms with E-state index in [1.54, 1.807) is 0 Å². The molecule has 0 spiro atoms. The summed E-state index contributed by atoms with van der Waals surface area (Å²) in [5.74, 6) is 2.81. The van der Waals surface area contributed by atoms with Gasteiger partial charge >= 0.3 is 0 Å². The van der Waals surface area contributed by atoms with Crippen molar-refractivity contribution in [2.45, 2.75) is 89.4 Å². The van der Waals surface area contributed by atoms with Crippen molar-refractivity contribution >= 4 is 0 Å². The van der Waals surface area contributed by atoms with Gasteiger partial charge < -0.3 is 10.5 Å². The summed E-state index contributed by atoms with van der Waals surface area (Å²) in [4.78, 5) is 0. The number of fused-ring (bicyclic) bond motifs is 1. The fourth-order valence-electron chi connectivity index (χ4n) is 4.83. The van der Waals surface area contributed by atoms with E-state index in [0.29, 0.717) is 6.10 Å². The van der Waals surface area contributed by atoms with Gasteiger partial charge in [-0.15, -0.1) is 0 Å². The molecule has 19 heavy (non-hydrogen) atoms. The van der Waals surface area contributed by atoms with Crippen LogP contribution >= 0.6 is 0 Å². The molecule has 0 saturated heterocycles. The number of nitrogens with two attached hydrogens (primary N) is 1. The van der Waals surface area contributed by atoms with Crippen LogP contribution in [-0.2, 0) is 4.74 Å². The minimum Gasteiger partial charge on any atom is -0.360 e. The van der Waals surface area contributed by atoms with Crippen LogP contribution in [0.15, 0.2) is 0 Å². The highest BCUT2D eigenvalue weighted by atomic mass is 16.5. The number of hydrogen-bond acceptors (Lipinski definition) is 2. The molecular weight excluding hydrogens is 234 g/mol. The lowest BCUT2D eigenvalue weighted by Gasteiger charge is -2.40. The zero-order valence-electron chi connectivity index (χ0n) is 12.4. The highest BCUT2D eigenvalue weighted by molar-refractivity contribution is 4.84. The second-order valence-electron chi connectivity index (χ2n) is 7.30. The van der Waals surface area contributed by atoms with Gasteiger partial charge in [0.15, 0.2) is 0 Å². The first-order valence-electron chi connectivity index (χ1n) is 8.72. The first-order chi connectivity index (χ1) is 9.31. The van der Waals surface area contributed by atoms with Crippen LogP contribution in [0.25, 0.3) is 0 Å². The summed E-state index contributed by atoms with van der Waals surface area (Å²) in [6, 6.07) is 0. The predicted octanol–water partition coefficient (Wildman–Crippen LogP) is 4.23. The van der Waals surface area contributed by atoms with E-state index in [0.717, 1.165) is 24.2 Å². The molecule has 3 fully saturated rings. The van der Waals surface area contributed by atoms with Crippen molar-refractivity contribution in [1.82, 2.24) is 0 Å². The van der Waals surface area contributed by atoms with E-state index in [1.165, 1.54) is 70.6 Å². The largest absolute Gasteiger partial charge is 0.360 e. The van der Waals surface area contributed by atoms with E-state index in [9.17, 15) is 0 Å². The van der Waals surface area contributed by atoms with Crippen LogP contribution in [0.2, 0.25) is 0 Å². The molecule has 0 heterocycles. The van der Waals surface area contributed by atoms with Crippen molar-refractivity contribution < 1.29 is 4.74 Å². The summed E-state index contributed by atoms with van der Waals surface area (Å²) in [6.07, 6.45) is 16.9. The van der Waals surface area contributed by atoms with Crippen LogP contribution in [0.4, 0.5) is 0 Å². The fourth-order valence-corrected chi connectivity index (χ4v) is 4.83. The van der Waals surface area contributed by atoms with Gasteiger partial charge in [0.05, 0.1) is 6.10 Å². The lowest BCUT2D eigenvalue weighted by atomic mass is 9.70. The highest BCUT2D eigenvalue weighted by Crippen LogP contribution is 2.41. The molecule has 3 saturated carbocycles. The second kappa shape index (κ2) is 6.58. The Balaban J connectivity index is 1.42. The molecule has 3 aliphatic carbocycles. The van der Waals surface area contributed by atoms with Gasteiger partial charge in [-0.2, -0.15) is 0 Å². The first-order valence-corrected chi connectivity index (χ1v) is 8.72. The normalized spacial score (nSPS) is 38.1. The molecule has 0 amide bonds. The van der Waals surface area contributed by atoms with Crippen LogP contribution in [-0.4, -0.2) is 12.3 Å². The van der Waals surface area contributed by atoms with Crippen molar-refractivity contribution in [1.29, 1.82) is 0 Å². The Morgan fingerprint density at radius 2 is 1.53 bits per heavy atom. The van der Waals surface area contributed by atoms with Crippen molar-refractivity contribution in [3.8, 4) is 0 Å². The van der Waals surface area contributed by atoms with Gasteiger partial charge in [-0.3, -0.25) is 0 Å². The molecule has 0 aliphatic heterocycles. The Labute approximate surface area is 118 Å². The lowest BCUT2D eigenvalue weighted by molar-refractivity contribution is -0.0616. The van der Waals surface area contributed by atoms with Crippen LogP contribution in [0.1, 0.15) is 77.0 Å². The summed E-state index contributed by atoms with van der Waals surface area (Å²) >= 11 is 0. The van der Waals surface area contributed by atoms with Gasteiger partial charge in [0.1, 0.15) is 6.23 Å². The maximum atomic E-state index is 6.23. The topological polar surface area (TPSA) is 35.2 Å². The summed E-state index contributed by atoms with van der Waals surface area (Å²) in [6.45, 7) is 0. The van der Waals surface area contributed by atoms with Crippen molar-refractivity contribution in [2.24, 2.45) is 23.5 Å². The number of rotatable bonds is 4. The van der Waals surface area contributed by atoms with E-state index in [4.69, 9.17) is 10.5 Å². The molecule has 0 aromatic carbocycles. The molecule has 4 atom stereocenters. The third-order valence-corrected chi connectivity index (χ3v) is 5.90. The molecule has 0 aromatic heterocycles. The van der Waals surface area contributed by atoms with E-state index >= 15 is 0 Å². The maximum absolute atomic E-state index is 6.23. The average molecular weight is 265 g/mol.